The van der Waals surface area contributed by atoms with Crippen molar-refractivity contribution in [3.8, 4) is 5.69 Å². The van der Waals surface area contributed by atoms with Crippen LogP contribution in [0.2, 0.25) is 0 Å². The lowest BCUT2D eigenvalue weighted by molar-refractivity contribution is 0.0658. The van der Waals surface area contributed by atoms with Gasteiger partial charge in [0.05, 0.1) is 17.4 Å². The molecule has 0 unspecified atom stereocenters. The van der Waals surface area contributed by atoms with Gasteiger partial charge < -0.3 is 19.1 Å². The van der Waals surface area contributed by atoms with Crippen LogP contribution in [0.25, 0.3) is 16.6 Å². The number of nitrogens with one attached hydrogen (secondary N) is 1. The number of nitrogens with zero attached hydrogens (tertiary/aromatic N) is 6. The summed E-state index contributed by atoms with van der Waals surface area (Å²) in [6.07, 6.45) is 2.83. The Hall–Kier alpha value is -5.82. The minimum atomic E-state index is -0.784. The fraction of sp³-hybridized carbons (Fsp3) is 0.400. The summed E-state index contributed by atoms with van der Waals surface area (Å²) in [6.45, 7) is 10.5. The van der Waals surface area contributed by atoms with Crippen molar-refractivity contribution in [2.45, 2.75) is 76.8 Å². The number of aromatic nitrogens is 5. The number of ether oxygens (including phenoxy) is 1. The van der Waals surface area contributed by atoms with Crippen LogP contribution < -0.4 is 16.2 Å². The molecule has 0 spiro atoms. The zero-order valence-corrected chi connectivity index (χ0v) is 33.1. The van der Waals surface area contributed by atoms with Crippen molar-refractivity contribution in [3.63, 3.8) is 0 Å². The molecule has 1 saturated carbocycles. The normalized spacial score (nSPS) is 22.3. The molecule has 4 aliphatic rings. The Kier molecular flexibility index (Phi) is 8.59. The maximum Gasteiger partial charge on any atom is 0.438 e. The number of carbonyl (C=O) groups excluding carboxylic acids is 1. The second-order valence-corrected chi connectivity index (χ2v) is 16.8. The number of H-pyrrole nitrogens is 1. The SMILES string of the molecule is Cc1cc(-n2c(N3CC(c4ccccc4)C3)nc3c(c2=O)CCN(C(=O)c2cc4cc(C5CCOCC5)ccc4n2[C@]2(c4noc(=O)[nH]4)C[C@H]2C)[C@H]3C)cc(C)c1F. The number of aromatic amines is 1. The van der Waals surface area contributed by atoms with E-state index in [1.54, 1.807) is 30.5 Å². The van der Waals surface area contributed by atoms with Gasteiger partial charge >= 0.3 is 5.76 Å². The fourth-order valence-corrected chi connectivity index (χ4v) is 9.89. The lowest BCUT2D eigenvalue weighted by Gasteiger charge is -2.42. The second kappa shape index (κ2) is 13.6. The van der Waals surface area contributed by atoms with Gasteiger partial charge in [0.15, 0.2) is 5.82 Å². The Morgan fingerprint density at radius 1 is 0.931 bits per heavy atom. The number of carbonyl (C=O) groups is 1. The summed E-state index contributed by atoms with van der Waals surface area (Å²) in [7, 11) is 0. The van der Waals surface area contributed by atoms with Crippen molar-refractivity contribution >= 4 is 22.8 Å². The molecule has 1 N–H and O–H groups in total. The topological polar surface area (TPSA) is 131 Å². The molecule has 1 amide bonds. The number of halogens is 1. The smallest absolute Gasteiger partial charge is 0.381 e. The molecule has 3 atom stereocenters. The molecule has 3 fully saturated rings. The second-order valence-electron chi connectivity index (χ2n) is 16.8. The molecule has 12 nitrogen and oxygen atoms in total. The summed E-state index contributed by atoms with van der Waals surface area (Å²) < 4.78 is 29.3. The van der Waals surface area contributed by atoms with E-state index < -0.39 is 17.3 Å². The van der Waals surface area contributed by atoms with Gasteiger partial charge in [0, 0.05) is 55.2 Å². The number of rotatable bonds is 7. The quantitative estimate of drug-likeness (QED) is 0.190. The Bertz CT molecular complexity index is 2700. The summed E-state index contributed by atoms with van der Waals surface area (Å²) in [5, 5.41) is 5.09. The van der Waals surface area contributed by atoms with Crippen LogP contribution in [-0.2, 0) is 16.7 Å². The third-order valence-electron chi connectivity index (χ3n) is 13.3. The molecule has 298 valence electrons. The largest absolute Gasteiger partial charge is 0.438 e. The summed E-state index contributed by atoms with van der Waals surface area (Å²) >= 11 is 0. The zero-order chi connectivity index (χ0) is 40.0. The highest BCUT2D eigenvalue weighted by atomic mass is 19.1. The minimum absolute atomic E-state index is 0.0581. The zero-order valence-electron chi connectivity index (χ0n) is 33.1. The van der Waals surface area contributed by atoms with Gasteiger partial charge in [-0.3, -0.25) is 19.1 Å². The highest BCUT2D eigenvalue weighted by Crippen LogP contribution is 2.56. The van der Waals surface area contributed by atoms with E-state index in [2.05, 4.69) is 56.9 Å². The van der Waals surface area contributed by atoms with Crippen LogP contribution in [-0.4, -0.2) is 67.9 Å². The van der Waals surface area contributed by atoms with Crippen LogP contribution >= 0.6 is 0 Å². The molecule has 3 aliphatic heterocycles. The highest BCUT2D eigenvalue weighted by Gasteiger charge is 2.59. The van der Waals surface area contributed by atoms with E-state index >= 15 is 4.79 Å². The molecule has 6 heterocycles. The molecular formula is C45H46FN7O5. The Balaban J connectivity index is 1.07. The average Bonchev–Trinajstić information content (AvgIpc) is 3.48. The molecule has 1 aliphatic carbocycles. The van der Waals surface area contributed by atoms with Gasteiger partial charge in [0.1, 0.15) is 17.1 Å². The highest BCUT2D eigenvalue weighted by molar-refractivity contribution is 6.00. The first-order chi connectivity index (χ1) is 28.0. The van der Waals surface area contributed by atoms with Crippen molar-refractivity contribution in [1.82, 2.24) is 29.2 Å². The van der Waals surface area contributed by atoms with E-state index in [9.17, 15) is 14.0 Å². The fourth-order valence-electron chi connectivity index (χ4n) is 9.89. The first kappa shape index (κ1) is 36.5. The summed E-state index contributed by atoms with van der Waals surface area (Å²) in [5.74, 6) is 0.425. The number of benzene rings is 3. The summed E-state index contributed by atoms with van der Waals surface area (Å²) in [6, 6.07) is 21.6. The summed E-state index contributed by atoms with van der Waals surface area (Å²) in [4.78, 5) is 54.2. The van der Waals surface area contributed by atoms with E-state index in [0.29, 0.717) is 83.9 Å². The predicted molar refractivity (Wildman–Crippen MR) is 217 cm³/mol. The standard InChI is InChI=1S/C45H46FN7O5/c1-25-18-34(19-26(2)38(25)46)52-40(54)35-12-15-51(28(4)39(35)47-43(52)50-23-33(24-50)29-8-6-5-7-9-29)41(55)37-21-32-20-31(30-13-16-57-17-14-30)10-11-36(32)53(37)45(22-27(45)3)42-48-44(56)58-49-42/h5-11,18-21,27-28,30,33H,12-17,22-24H2,1-4H3,(H,48,49,56)/t27-,28+,45-/m1/s1. The Morgan fingerprint density at radius 3 is 2.33 bits per heavy atom. The molecule has 10 rings (SSSR count). The van der Waals surface area contributed by atoms with E-state index in [-0.39, 0.29) is 29.1 Å². The maximum absolute atomic E-state index is 15.2. The van der Waals surface area contributed by atoms with Crippen molar-refractivity contribution in [2.75, 3.05) is 37.7 Å². The molecule has 3 aromatic heterocycles. The van der Waals surface area contributed by atoms with Gasteiger partial charge in [0.25, 0.3) is 11.5 Å². The predicted octanol–water partition coefficient (Wildman–Crippen LogP) is 6.66. The van der Waals surface area contributed by atoms with Crippen LogP contribution in [0.1, 0.15) is 101 Å². The number of fused-ring (bicyclic) bond motifs is 2. The van der Waals surface area contributed by atoms with Crippen molar-refractivity contribution in [2.24, 2.45) is 5.92 Å². The third kappa shape index (κ3) is 5.68. The first-order valence-corrected chi connectivity index (χ1v) is 20.4. The van der Waals surface area contributed by atoms with E-state index in [1.807, 2.05) is 36.1 Å². The van der Waals surface area contributed by atoms with Gasteiger partial charge in [-0.1, -0.05) is 48.5 Å². The van der Waals surface area contributed by atoms with Crippen LogP contribution in [0.3, 0.4) is 0 Å². The number of hydrogen-bond donors (Lipinski definition) is 1. The van der Waals surface area contributed by atoms with Gasteiger partial charge in [-0.05, 0) is 111 Å². The molecule has 2 saturated heterocycles. The van der Waals surface area contributed by atoms with Gasteiger partial charge in [-0.15, -0.1) is 0 Å². The van der Waals surface area contributed by atoms with Crippen LogP contribution in [0.15, 0.2) is 80.8 Å². The maximum atomic E-state index is 15.2. The molecule has 0 bridgehead atoms. The number of aryl methyl sites for hydroxylation is 2. The van der Waals surface area contributed by atoms with Crippen LogP contribution in [0.4, 0.5) is 10.3 Å². The molecule has 58 heavy (non-hydrogen) atoms. The average molecular weight is 784 g/mol. The van der Waals surface area contributed by atoms with Gasteiger partial charge in [0.2, 0.25) is 5.95 Å². The van der Waals surface area contributed by atoms with Crippen molar-refractivity contribution in [3.05, 3.63) is 138 Å². The van der Waals surface area contributed by atoms with E-state index in [1.165, 1.54) is 11.1 Å². The molecule has 3 aromatic carbocycles. The third-order valence-corrected chi connectivity index (χ3v) is 13.3. The molecule has 13 heteroatoms. The number of hydrogen-bond acceptors (Lipinski definition) is 8. The first-order valence-electron chi connectivity index (χ1n) is 20.4. The molecular weight excluding hydrogens is 738 g/mol. The van der Waals surface area contributed by atoms with Crippen molar-refractivity contribution < 1.29 is 18.4 Å². The molecule has 6 aromatic rings. The lowest BCUT2D eigenvalue weighted by atomic mass is 9.91. The monoisotopic (exact) mass is 783 g/mol. The van der Waals surface area contributed by atoms with Crippen LogP contribution in [0, 0.1) is 25.6 Å². The molecule has 0 radical (unpaired) electrons. The number of anilines is 1. The Labute approximate surface area is 334 Å². The van der Waals surface area contributed by atoms with Gasteiger partial charge in [-0.2, -0.15) is 0 Å². The lowest BCUT2D eigenvalue weighted by Crippen LogP contribution is -2.50. The van der Waals surface area contributed by atoms with E-state index in [4.69, 9.17) is 14.2 Å². The summed E-state index contributed by atoms with van der Waals surface area (Å²) in [5.41, 5.74) is 5.37. The van der Waals surface area contributed by atoms with E-state index in [0.717, 1.165) is 37.0 Å². The minimum Gasteiger partial charge on any atom is -0.381 e. The number of amides is 1. The van der Waals surface area contributed by atoms with Crippen molar-refractivity contribution in [1.29, 1.82) is 0 Å². The Morgan fingerprint density at radius 2 is 1.66 bits per heavy atom. The van der Waals surface area contributed by atoms with Crippen LogP contribution in [0.5, 0.6) is 0 Å². The van der Waals surface area contributed by atoms with Gasteiger partial charge in [-0.25, -0.2) is 18.7 Å².